The Morgan fingerprint density at radius 2 is 1.93 bits per heavy atom. The molecule has 0 bridgehead atoms. The molecule has 1 saturated heterocycles. The van der Waals surface area contributed by atoms with E-state index >= 15 is 0 Å². The van der Waals surface area contributed by atoms with E-state index in [4.69, 9.17) is 5.73 Å². The molecule has 2 heteroatoms. The third-order valence-corrected chi connectivity index (χ3v) is 3.92. The van der Waals surface area contributed by atoms with E-state index in [1.165, 1.54) is 32.2 Å². The second-order valence-corrected chi connectivity index (χ2v) is 5.49. The van der Waals surface area contributed by atoms with E-state index in [9.17, 15) is 0 Å². The Morgan fingerprint density at radius 1 is 1.21 bits per heavy atom. The fourth-order valence-electron chi connectivity index (χ4n) is 2.58. The Kier molecular flexibility index (Phi) is 3.13. The highest BCUT2D eigenvalue weighted by Crippen LogP contribution is 2.32. The first-order chi connectivity index (χ1) is 6.66. The first kappa shape index (κ1) is 10.4. The van der Waals surface area contributed by atoms with Crippen molar-refractivity contribution >= 4 is 0 Å². The Hall–Kier alpha value is -0.0800. The molecule has 0 spiro atoms. The van der Waals surface area contributed by atoms with Crippen molar-refractivity contribution < 1.29 is 0 Å². The van der Waals surface area contributed by atoms with Crippen LogP contribution in [0.15, 0.2) is 0 Å². The molecule has 14 heavy (non-hydrogen) atoms. The summed E-state index contributed by atoms with van der Waals surface area (Å²) >= 11 is 0. The van der Waals surface area contributed by atoms with Gasteiger partial charge in [-0.25, -0.2) is 0 Å². The number of hydrogen-bond acceptors (Lipinski definition) is 2. The maximum Gasteiger partial charge on any atom is 0.0196 e. The van der Waals surface area contributed by atoms with Gasteiger partial charge in [-0.1, -0.05) is 6.92 Å². The topological polar surface area (TPSA) is 29.3 Å². The van der Waals surface area contributed by atoms with Gasteiger partial charge in [0.25, 0.3) is 0 Å². The molecule has 1 aliphatic carbocycles. The number of likely N-dealkylation sites (tertiary alicyclic amines) is 1. The average Bonchev–Trinajstić information content (AvgIpc) is 2.94. The zero-order valence-corrected chi connectivity index (χ0v) is 9.58. The van der Waals surface area contributed by atoms with Crippen molar-refractivity contribution in [3.63, 3.8) is 0 Å². The molecule has 2 N–H and O–H groups in total. The van der Waals surface area contributed by atoms with Crippen LogP contribution < -0.4 is 5.73 Å². The molecule has 2 nitrogen and oxygen atoms in total. The molecule has 1 heterocycles. The van der Waals surface area contributed by atoms with Crippen LogP contribution in [-0.4, -0.2) is 30.1 Å². The highest BCUT2D eigenvalue weighted by atomic mass is 15.2. The summed E-state index contributed by atoms with van der Waals surface area (Å²) in [6.45, 7) is 7.12. The number of piperidine rings is 1. The van der Waals surface area contributed by atoms with Crippen molar-refractivity contribution in [2.75, 3.05) is 13.1 Å². The van der Waals surface area contributed by atoms with Gasteiger partial charge in [0.05, 0.1) is 0 Å². The van der Waals surface area contributed by atoms with Gasteiger partial charge in [0.1, 0.15) is 0 Å². The molecule has 82 valence electrons. The third kappa shape index (κ3) is 2.48. The zero-order chi connectivity index (χ0) is 10.1. The van der Waals surface area contributed by atoms with E-state index < -0.39 is 0 Å². The molecule has 0 aromatic heterocycles. The number of nitrogens with zero attached hydrogens (tertiary/aromatic N) is 1. The zero-order valence-electron chi connectivity index (χ0n) is 9.58. The van der Waals surface area contributed by atoms with Crippen LogP contribution in [0.5, 0.6) is 0 Å². The van der Waals surface area contributed by atoms with Crippen LogP contribution in [0.2, 0.25) is 0 Å². The smallest absolute Gasteiger partial charge is 0.0196 e. The van der Waals surface area contributed by atoms with Gasteiger partial charge in [-0.15, -0.1) is 0 Å². The molecule has 3 unspecified atom stereocenters. The van der Waals surface area contributed by atoms with Gasteiger partial charge in [0.2, 0.25) is 0 Å². The van der Waals surface area contributed by atoms with E-state index in [-0.39, 0.29) is 0 Å². The number of hydrogen-bond donors (Lipinski definition) is 1. The molecule has 0 aromatic carbocycles. The highest BCUT2D eigenvalue weighted by Gasteiger charge is 2.32. The van der Waals surface area contributed by atoms with Gasteiger partial charge >= 0.3 is 0 Å². The predicted octanol–water partition coefficient (Wildman–Crippen LogP) is 1.84. The Balaban J connectivity index is 1.81. The van der Waals surface area contributed by atoms with Crippen LogP contribution in [0.4, 0.5) is 0 Å². The van der Waals surface area contributed by atoms with Crippen molar-refractivity contribution in [1.82, 2.24) is 4.90 Å². The van der Waals surface area contributed by atoms with Crippen LogP contribution >= 0.6 is 0 Å². The van der Waals surface area contributed by atoms with Crippen LogP contribution in [0.1, 0.15) is 39.5 Å². The van der Waals surface area contributed by atoms with E-state index in [1.807, 2.05) is 0 Å². The molecule has 0 radical (unpaired) electrons. The van der Waals surface area contributed by atoms with Crippen LogP contribution in [-0.2, 0) is 0 Å². The molecule has 2 rings (SSSR count). The SMILES string of the molecule is CC1CCC(C)N(CC(N)C2CC2)C1. The lowest BCUT2D eigenvalue weighted by atomic mass is 9.94. The van der Waals surface area contributed by atoms with Gasteiger partial charge in [0.15, 0.2) is 0 Å². The fraction of sp³-hybridized carbons (Fsp3) is 1.00. The summed E-state index contributed by atoms with van der Waals surface area (Å²) in [6.07, 6.45) is 5.51. The Morgan fingerprint density at radius 3 is 2.57 bits per heavy atom. The van der Waals surface area contributed by atoms with E-state index in [2.05, 4.69) is 18.7 Å². The maximum absolute atomic E-state index is 6.18. The summed E-state index contributed by atoms with van der Waals surface area (Å²) in [5.41, 5.74) is 6.18. The summed E-state index contributed by atoms with van der Waals surface area (Å²) in [4.78, 5) is 2.61. The van der Waals surface area contributed by atoms with Crippen molar-refractivity contribution in [3.8, 4) is 0 Å². The first-order valence-electron chi connectivity index (χ1n) is 6.16. The number of nitrogens with two attached hydrogens (primary N) is 1. The van der Waals surface area contributed by atoms with Crippen molar-refractivity contribution in [2.45, 2.75) is 51.6 Å². The summed E-state index contributed by atoms with van der Waals surface area (Å²) in [5.74, 6) is 1.72. The molecule has 0 aromatic rings. The van der Waals surface area contributed by atoms with Crippen LogP contribution in [0.3, 0.4) is 0 Å². The van der Waals surface area contributed by atoms with Gasteiger partial charge < -0.3 is 5.73 Å². The summed E-state index contributed by atoms with van der Waals surface area (Å²) in [7, 11) is 0. The van der Waals surface area contributed by atoms with Gasteiger partial charge in [-0.05, 0) is 44.4 Å². The molecular formula is C12H24N2. The van der Waals surface area contributed by atoms with Crippen molar-refractivity contribution in [1.29, 1.82) is 0 Å². The first-order valence-corrected chi connectivity index (χ1v) is 6.16. The fourth-order valence-corrected chi connectivity index (χ4v) is 2.58. The van der Waals surface area contributed by atoms with Crippen LogP contribution in [0, 0.1) is 11.8 Å². The lowest BCUT2D eigenvalue weighted by Gasteiger charge is -2.38. The summed E-state index contributed by atoms with van der Waals surface area (Å²) in [6, 6.07) is 1.21. The molecule has 2 fully saturated rings. The lowest BCUT2D eigenvalue weighted by Crippen LogP contribution is -2.47. The van der Waals surface area contributed by atoms with Gasteiger partial charge in [-0.2, -0.15) is 0 Å². The minimum atomic E-state index is 0.447. The summed E-state index contributed by atoms with van der Waals surface area (Å²) in [5, 5.41) is 0. The second kappa shape index (κ2) is 4.19. The van der Waals surface area contributed by atoms with Crippen molar-refractivity contribution in [2.24, 2.45) is 17.6 Å². The van der Waals surface area contributed by atoms with Gasteiger partial charge in [0, 0.05) is 25.2 Å². The predicted molar refractivity (Wildman–Crippen MR) is 60.1 cm³/mol. The molecule has 1 saturated carbocycles. The monoisotopic (exact) mass is 196 g/mol. The number of rotatable bonds is 3. The quantitative estimate of drug-likeness (QED) is 0.746. The minimum absolute atomic E-state index is 0.447. The normalized spacial score (nSPS) is 37.1. The molecule has 0 amide bonds. The molecule has 2 aliphatic rings. The van der Waals surface area contributed by atoms with Gasteiger partial charge in [-0.3, -0.25) is 4.90 Å². The second-order valence-electron chi connectivity index (χ2n) is 5.49. The van der Waals surface area contributed by atoms with Crippen LogP contribution in [0.25, 0.3) is 0 Å². The Bertz CT molecular complexity index is 189. The standard InChI is InChI=1S/C12H24N2/c1-9-3-4-10(2)14(7-9)8-12(13)11-5-6-11/h9-12H,3-8,13H2,1-2H3. The molecule has 3 atom stereocenters. The largest absolute Gasteiger partial charge is 0.326 e. The van der Waals surface area contributed by atoms with E-state index in [1.54, 1.807) is 0 Å². The lowest BCUT2D eigenvalue weighted by molar-refractivity contribution is 0.114. The molecule has 1 aliphatic heterocycles. The van der Waals surface area contributed by atoms with Crippen molar-refractivity contribution in [3.05, 3.63) is 0 Å². The minimum Gasteiger partial charge on any atom is -0.326 e. The van der Waals surface area contributed by atoms with E-state index in [0.29, 0.717) is 6.04 Å². The highest BCUT2D eigenvalue weighted by molar-refractivity contribution is 4.88. The molecular weight excluding hydrogens is 172 g/mol. The Labute approximate surface area is 87.8 Å². The average molecular weight is 196 g/mol. The third-order valence-electron chi connectivity index (χ3n) is 3.92. The maximum atomic E-state index is 6.18. The van der Waals surface area contributed by atoms with E-state index in [0.717, 1.165) is 24.4 Å². The summed E-state index contributed by atoms with van der Waals surface area (Å²) < 4.78 is 0.